The first kappa shape index (κ1) is 18.0. The van der Waals surface area contributed by atoms with Crippen LogP contribution in [-0.2, 0) is 12.3 Å². The molecular formula is C18H13ClN4O2S2. The van der Waals surface area contributed by atoms with Gasteiger partial charge in [-0.3, -0.25) is 14.2 Å². The highest BCUT2D eigenvalue weighted by molar-refractivity contribution is 7.98. The number of hydrogen-bond acceptors (Lipinski definition) is 6. The van der Waals surface area contributed by atoms with E-state index in [1.807, 2.05) is 11.4 Å². The van der Waals surface area contributed by atoms with Crippen molar-refractivity contribution in [2.45, 2.75) is 17.5 Å². The van der Waals surface area contributed by atoms with Crippen LogP contribution >= 0.6 is 34.7 Å². The van der Waals surface area contributed by atoms with Crippen molar-refractivity contribution in [2.75, 3.05) is 0 Å². The summed E-state index contributed by atoms with van der Waals surface area (Å²) in [6.45, 7) is 4.07. The molecule has 0 spiro atoms. The maximum Gasteiger partial charge on any atom is 0.272 e. The van der Waals surface area contributed by atoms with Crippen LogP contribution < -0.4 is 11.1 Å². The van der Waals surface area contributed by atoms with E-state index < -0.39 is 0 Å². The average Bonchev–Trinajstić information content (AvgIpc) is 3.11. The molecular weight excluding hydrogens is 404 g/mol. The van der Waals surface area contributed by atoms with Crippen molar-refractivity contribution in [3.63, 3.8) is 0 Å². The first-order valence-electron chi connectivity index (χ1n) is 7.97. The van der Waals surface area contributed by atoms with Gasteiger partial charge in [0, 0.05) is 11.6 Å². The second-order valence-electron chi connectivity index (χ2n) is 5.70. The Bertz CT molecular complexity index is 1290. The lowest BCUT2D eigenvalue weighted by Gasteiger charge is -2.10. The zero-order valence-corrected chi connectivity index (χ0v) is 16.3. The van der Waals surface area contributed by atoms with E-state index in [0.717, 1.165) is 0 Å². The molecule has 6 nitrogen and oxygen atoms in total. The highest BCUT2D eigenvalue weighted by atomic mass is 35.5. The smallest absolute Gasteiger partial charge is 0.272 e. The Kier molecular flexibility index (Phi) is 4.86. The predicted molar refractivity (Wildman–Crippen MR) is 111 cm³/mol. The summed E-state index contributed by atoms with van der Waals surface area (Å²) in [4.78, 5) is 36.7. The number of aromatic amines is 1. The summed E-state index contributed by atoms with van der Waals surface area (Å²) in [7, 11) is 0. The highest BCUT2D eigenvalue weighted by Crippen LogP contribution is 2.23. The van der Waals surface area contributed by atoms with E-state index in [0.29, 0.717) is 49.4 Å². The Morgan fingerprint density at radius 1 is 1.26 bits per heavy atom. The van der Waals surface area contributed by atoms with Gasteiger partial charge in [0.05, 0.1) is 22.2 Å². The second-order valence-corrected chi connectivity index (χ2v) is 7.99. The number of H-pyrrole nitrogens is 1. The summed E-state index contributed by atoms with van der Waals surface area (Å²) in [6, 6.07) is 6.78. The maximum atomic E-state index is 12.7. The molecule has 3 aromatic heterocycles. The van der Waals surface area contributed by atoms with Gasteiger partial charge in [0.1, 0.15) is 10.5 Å². The summed E-state index contributed by atoms with van der Waals surface area (Å²) in [5, 5.41) is 3.40. The van der Waals surface area contributed by atoms with Gasteiger partial charge in [-0.25, -0.2) is 9.97 Å². The van der Waals surface area contributed by atoms with Gasteiger partial charge in [-0.05, 0) is 29.6 Å². The van der Waals surface area contributed by atoms with Gasteiger partial charge < -0.3 is 4.98 Å². The number of hydrogen-bond donors (Lipinski definition) is 1. The minimum absolute atomic E-state index is 0.0934. The zero-order chi connectivity index (χ0) is 19.0. The summed E-state index contributed by atoms with van der Waals surface area (Å²) in [5.74, 6) is 0.848. The number of benzene rings is 1. The molecule has 1 N–H and O–H groups in total. The molecule has 27 heavy (non-hydrogen) atoms. The number of rotatable bonds is 5. The minimum atomic E-state index is -0.225. The van der Waals surface area contributed by atoms with Crippen LogP contribution in [-0.4, -0.2) is 19.5 Å². The van der Waals surface area contributed by atoms with Crippen molar-refractivity contribution in [1.29, 1.82) is 0 Å². The number of halogens is 1. The zero-order valence-electron chi connectivity index (χ0n) is 13.9. The molecule has 4 rings (SSSR count). The van der Waals surface area contributed by atoms with E-state index >= 15 is 0 Å². The van der Waals surface area contributed by atoms with Gasteiger partial charge in [0.2, 0.25) is 0 Å². The normalized spacial score (nSPS) is 11.3. The number of aromatic nitrogens is 4. The Labute approximate surface area is 166 Å². The number of nitrogens with zero attached hydrogens (tertiary/aromatic N) is 3. The fraction of sp³-hybridized carbons (Fsp3) is 0.111. The number of thioether (sulfide) groups is 1. The standard InChI is InChI=1S/C18H13ClN4O2S2/c1-2-6-23-17(25)15-12(5-7-26-15)21-18(23)27-9-14-20-13-8-10(19)3-4-11(13)16(24)22-14/h2-5,7-8H,1,6,9H2,(H,20,22,24). The van der Waals surface area contributed by atoms with Crippen LogP contribution in [0.15, 0.2) is 57.0 Å². The van der Waals surface area contributed by atoms with Gasteiger partial charge in [-0.2, -0.15) is 0 Å². The van der Waals surface area contributed by atoms with E-state index in [4.69, 9.17) is 11.6 Å². The Morgan fingerprint density at radius 2 is 2.11 bits per heavy atom. The quantitative estimate of drug-likeness (QED) is 0.304. The Hall–Kier alpha value is -2.42. The molecule has 0 aliphatic rings. The SMILES string of the molecule is C=CCn1c(SCc2nc3cc(Cl)ccc3c(=O)[nH]2)nc2ccsc2c1=O. The van der Waals surface area contributed by atoms with E-state index in [1.165, 1.54) is 23.1 Å². The molecule has 4 aromatic rings. The largest absolute Gasteiger partial charge is 0.309 e. The molecule has 1 aromatic carbocycles. The van der Waals surface area contributed by atoms with E-state index in [2.05, 4.69) is 21.5 Å². The first-order valence-corrected chi connectivity index (χ1v) is 10.2. The lowest BCUT2D eigenvalue weighted by molar-refractivity contribution is 0.672. The average molecular weight is 417 g/mol. The van der Waals surface area contributed by atoms with Crippen molar-refractivity contribution >= 4 is 55.8 Å². The summed E-state index contributed by atoms with van der Waals surface area (Å²) in [5.41, 5.74) is 0.882. The van der Waals surface area contributed by atoms with Gasteiger partial charge in [-0.15, -0.1) is 17.9 Å². The van der Waals surface area contributed by atoms with Gasteiger partial charge in [-0.1, -0.05) is 29.4 Å². The lowest BCUT2D eigenvalue weighted by Crippen LogP contribution is -2.22. The van der Waals surface area contributed by atoms with Crippen LogP contribution in [0.25, 0.3) is 21.1 Å². The molecule has 3 heterocycles. The third-order valence-corrected chi connectivity index (χ3v) is 6.01. The van der Waals surface area contributed by atoms with E-state index in [-0.39, 0.29) is 11.1 Å². The Morgan fingerprint density at radius 3 is 2.93 bits per heavy atom. The summed E-state index contributed by atoms with van der Waals surface area (Å²) >= 11 is 8.71. The number of nitrogens with one attached hydrogen (secondary N) is 1. The molecule has 136 valence electrons. The number of allylic oxidation sites excluding steroid dienone is 1. The lowest BCUT2D eigenvalue weighted by atomic mass is 10.2. The van der Waals surface area contributed by atoms with Gasteiger partial charge in [0.25, 0.3) is 11.1 Å². The molecule has 0 aliphatic heterocycles. The topological polar surface area (TPSA) is 80.6 Å². The second kappa shape index (κ2) is 7.30. The Balaban J connectivity index is 1.72. The fourth-order valence-corrected chi connectivity index (χ4v) is 4.51. The van der Waals surface area contributed by atoms with Crippen molar-refractivity contribution in [1.82, 2.24) is 19.5 Å². The van der Waals surface area contributed by atoms with Crippen molar-refractivity contribution in [2.24, 2.45) is 0 Å². The van der Waals surface area contributed by atoms with Crippen LogP contribution in [0.5, 0.6) is 0 Å². The van der Waals surface area contributed by atoms with Crippen LogP contribution in [0.4, 0.5) is 0 Å². The molecule has 0 radical (unpaired) electrons. The van der Waals surface area contributed by atoms with Gasteiger partial charge >= 0.3 is 0 Å². The van der Waals surface area contributed by atoms with Crippen LogP contribution in [0, 0.1) is 0 Å². The fourth-order valence-electron chi connectivity index (χ4n) is 2.69. The summed E-state index contributed by atoms with van der Waals surface area (Å²) < 4.78 is 2.19. The molecule has 0 unspecified atom stereocenters. The molecule has 9 heteroatoms. The van der Waals surface area contributed by atoms with Crippen molar-refractivity contribution in [3.05, 3.63) is 73.9 Å². The van der Waals surface area contributed by atoms with E-state index in [1.54, 1.807) is 28.8 Å². The van der Waals surface area contributed by atoms with E-state index in [9.17, 15) is 9.59 Å². The van der Waals surface area contributed by atoms with Gasteiger partial charge in [0.15, 0.2) is 5.16 Å². The minimum Gasteiger partial charge on any atom is -0.309 e. The molecule has 0 saturated heterocycles. The number of thiophene rings is 1. The third kappa shape index (κ3) is 3.43. The van der Waals surface area contributed by atoms with Crippen molar-refractivity contribution < 1.29 is 0 Å². The molecule has 0 aliphatic carbocycles. The highest BCUT2D eigenvalue weighted by Gasteiger charge is 2.13. The molecule has 0 atom stereocenters. The van der Waals surface area contributed by atoms with Crippen LogP contribution in [0.3, 0.4) is 0 Å². The van der Waals surface area contributed by atoms with Crippen LogP contribution in [0.1, 0.15) is 5.82 Å². The molecule has 0 saturated carbocycles. The van der Waals surface area contributed by atoms with Crippen molar-refractivity contribution in [3.8, 4) is 0 Å². The third-order valence-electron chi connectivity index (χ3n) is 3.90. The first-order chi connectivity index (χ1) is 13.1. The molecule has 0 fully saturated rings. The predicted octanol–water partition coefficient (Wildman–Crippen LogP) is 3.83. The molecule has 0 bridgehead atoms. The maximum absolute atomic E-state index is 12.7. The number of fused-ring (bicyclic) bond motifs is 2. The summed E-state index contributed by atoms with van der Waals surface area (Å²) in [6.07, 6.45) is 1.66. The molecule has 0 amide bonds. The van der Waals surface area contributed by atoms with Crippen LogP contribution in [0.2, 0.25) is 5.02 Å². The monoisotopic (exact) mass is 416 g/mol.